The highest BCUT2D eigenvalue weighted by molar-refractivity contribution is 4.93. The van der Waals surface area contributed by atoms with Crippen LogP contribution in [-0.2, 0) is 4.74 Å². The normalized spacial score (nSPS) is 27.7. The van der Waals surface area contributed by atoms with Crippen LogP contribution in [0.3, 0.4) is 0 Å². The first kappa shape index (κ1) is 14.9. The Balaban J connectivity index is 2.70. The molecular weight excluding hydrogens is 212 g/mol. The lowest BCUT2D eigenvalue weighted by atomic mass is 9.92. The molecule has 0 aromatic heterocycles. The van der Waals surface area contributed by atoms with Gasteiger partial charge in [-0.25, -0.2) is 0 Å². The fourth-order valence-corrected chi connectivity index (χ4v) is 2.70. The Kier molecular flexibility index (Phi) is 5.90. The lowest BCUT2D eigenvalue weighted by molar-refractivity contribution is 0.0531. The van der Waals surface area contributed by atoms with Crippen molar-refractivity contribution in [1.29, 1.82) is 0 Å². The standard InChI is InChI=1S/C14H30N2O/c1-6-14(7-2)11-16(10-13(4)17-5)12(3)8-9-15-14/h12-13,15H,6-11H2,1-5H3. The maximum Gasteiger partial charge on any atom is 0.0670 e. The van der Waals surface area contributed by atoms with Crippen molar-refractivity contribution in [3.63, 3.8) is 0 Å². The van der Waals surface area contributed by atoms with Crippen LogP contribution >= 0.6 is 0 Å². The van der Waals surface area contributed by atoms with E-state index in [0.29, 0.717) is 17.7 Å². The molecule has 1 saturated heterocycles. The summed E-state index contributed by atoms with van der Waals surface area (Å²) in [5, 5.41) is 3.76. The highest BCUT2D eigenvalue weighted by atomic mass is 16.5. The van der Waals surface area contributed by atoms with Crippen LogP contribution in [-0.4, -0.2) is 49.3 Å². The quantitative estimate of drug-likeness (QED) is 0.800. The first-order valence-electron chi connectivity index (χ1n) is 7.08. The van der Waals surface area contributed by atoms with Crippen LogP contribution in [0.4, 0.5) is 0 Å². The number of rotatable bonds is 5. The van der Waals surface area contributed by atoms with Crippen molar-refractivity contribution in [3.8, 4) is 0 Å². The molecule has 102 valence electrons. The molecule has 0 spiro atoms. The van der Waals surface area contributed by atoms with Gasteiger partial charge in [0.2, 0.25) is 0 Å². The van der Waals surface area contributed by atoms with Gasteiger partial charge in [0, 0.05) is 31.8 Å². The van der Waals surface area contributed by atoms with E-state index in [1.165, 1.54) is 19.3 Å². The number of ether oxygens (including phenoxy) is 1. The van der Waals surface area contributed by atoms with Gasteiger partial charge in [-0.15, -0.1) is 0 Å². The highest BCUT2D eigenvalue weighted by Gasteiger charge is 2.33. The number of nitrogens with one attached hydrogen (secondary N) is 1. The van der Waals surface area contributed by atoms with Gasteiger partial charge < -0.3 is 10.1 Å². The molecule has 3 heteroatoms. The fraction of sp³-hybridized carbons (Fsp3) is 1.00. The van der Waals surface area contributed by atoms with Gasteiger partial charge in [0.25, 0.3) is 0 Å². The molecule has 1 fully saturated rings. The molecule has 2 atom stereocenters. The SMILES string of the molecule is CCC1(CC)CN(CC(C)OC)C(C)CCN1. The molecule has 3 nitrogen and oxygen atoms in total. The summed E-state index contributed by atoms with van der Waals surface area (Å²) in [6.45, 7) is 12.4. The predicted octanol–water partition coefficient (Wildman–Crippen LogP) is 2.26. The van der Waals surface area contributed by atoms with E-state index >= 15 is 0 Å². The summed E-state index contributed by atoms with van der Waals surface area (Å²) in [6, 6.07) is 0.653. The zero-order valence-corrected chi connectivity index (χ0v) is 12.3. The highest BCUT2D eigenvalue weighted by Crippen LogP contribution is 2.22. The molecule has 0 bridgehead atoms. The molecule has 1 rings (SSSR count). The Morgan fingerprint density at radius 2 is 2.06 bits per heavy atom. The molecule has 1 N–H and O–H groups in total. The summed E-state index contributed by atoms with van der Waals surface area (Å²) in [7, 11) is 1.80. The molecule has 2 unspecified atom stereocenters. The van der Waals surface area contributed by atoms with Gasteiger partial charge in [0.1, 0.15) is 0 Å². The maximum absolute atomic E-state index is 5.42. The molecule has 0 aromatic rings. The Morgan fingerprint density at radius 3 is 2.59 bits per heavy atom. The third kappa shape index (κ3) is 3.94. The van der Waals surface area contributed by atoms with Crippen molar-refractivity contribution in [2.24, 2.45) is 0 Å². The smallest absolute Gasteiger partial charge is 0.0670 e. The number of hydrogen-bond donors (Lipinski definition) is 1. The number of hydrogen-bond acceptors (Lipinski definition) is 3. The summed E-state index contributed by atoms with van der Waals surface area (Å²) in [5.41, 5.74) is 0.304. The molecule has 0 aliphatic carbocycles. The number of nitrogens with zero attached hydrogens (tertiary/aromatic N) is 1. The van der Waals surface area contributed by atoms with Crippen molar-refractivity contribution in [2.75, 3.05) is 26.7 Å². The summed E-state index contributed by atoms with van der Waals surface area (Å²) < 4.78 is 5.42. The van der Waals surface area contributed by atoms with Crippen molar-refractivity contribution < 1.29 is 4.74 Å². The average Bonchev–Trinajstić information content (AvgIpc) is 2.50. The third-order valence-corrected chi connectivity index (χ3v) is 4.44. The molecule has 17 heavy (non-hydrogen) atoms. The van der Waals surface area contributed by atoms with E-state index < -0.39 is 0 Å². The van der Waals surface area contributed by atoms with Crippen LogP contribution in [0, 0.1) is 0 Å². The summed E-state index contributed by atoms with van der Waals surface area (Å²) in [6.07, 6.45) is 3.96. The third-order valence-electron chi connectivity index (χ3n) is 4.44. The molecule has 0 saturated carbocycles. The van der Waals surface area contributed by atoms with Crippen molar-refractivity contribution in [3.05, 3.63) is 0 Å². The Hall–Kier alpha value is -0.120. The lowest BCUT2D eigenvalue weighted by Crippen LogP contribution is -2.52. The van der Waals surface area contributed by atoms with E-state index in [0.717, 1.165) is 19.6 Å². The van der Waals surface area contributed by atoms with Crippen LogP contribution in [0.1, 0.15) is 47.0 Å². The molecule has 0 amide bonds. The van der Waals surface area contributed by atoms with Crippen molar-refractivity contribution >= 4 is 0 Å². The Labute approximate surface area is 107 Å². The summed E-state index contributed by atoms with van der Waals surface area (Å²) in [4.78, 5) is 2.60. The van der Waals surface area contributed by atoms with Gasteiger partial charge in [-0.05, 0) is 39.7 Å². The monoisotopic (exact) mass is 242 g/mol. The van der Waals surface area contributed by atoms with E-state index in [-0.39, 0.29) is 0 Å². The van der Waals surface area contributed by atoms with E-state index in [1.54, 1.807) is 7.11 Å². The van der Waals surface area contributed by atoms with Gasteiger partial charge in [-0.2, -0.15) is 0 Å². The van der Waals surface area contributed by atoms with Crippen molar-refractivity contribution in [2.45, 2.75) is 64.6 Å². The minimum atomic E-state index is 0.304. The first-order chi connectivity index (χ1) is 8.06. The van der Waals surface area contributed by atoms with Gasteiger partial charge in [0.15, 0.2) is 0 Å². The topological polar surface area (TPSA) is 24.5 Å². The fourth-order valence-electron chi connectivity index (χ4n) is 2.70. The Morgan fingerprint density at radius 1 is 1.41 bits per heavy atom. The minimum Gasteiger partial charge on any atom is -0.380 e. The van der Waals surface area contributed by atoms with Gasteiger partial charge in [-0.1, -0.05) is 13.8 Å². The van der Waals surface area contributed by atoms with E-state index in [2.05, 4.69) is 37.9 Å². The largest absolute Gasteiger partial charge is 0.380 e. The van der Waals surface area contributed by atoms with E-state index in [1.807, 2.05) is 0 Å². The molecule has 1 aliphatic rings. The average molecular weight is 242 g/mol. The van der Waals surface area contributed by atoms with Crippen LogP contribution in [0.25, 0.3) is 0 Å². The summed E-state index contributed by atoms with van der Waals surface area (Å²) in [5.74, 6) is 0. The van der Waals surface area contributed by atoms with E-state index in [9.17, 15) is 0 Å². The second kappa shape index (κ2) is 6.72. The zero-order chi connectivity index (χ0) is 12.9. The van der Waals surface area contributed by atoms with Gasteiger partial charge in [-0.3, -0.25) is 4.90 Å². The van der Waals surface area contributed by atoms with Crippen molar-refractivity contribution in [1.82, 2.24) is 10.2 Å². The van der Waals surface area contributed by atoms with E-state index in [4.69, 9.17) is 4.74 Å². The molecule has 0 radical (unpaired) electrons. The molecule has 0 aromatic carbocycles. The minimum absolute atomic E-state index is 0.304. The van der Waals surface area contributed by atoms with Crippen LogP contribution in [0.15, 0.2) is 0 Å². The zero-order valence-electron chi connectivity index (χ0n) is 12.3. The lowest BCUT2D eigenvalue weighted by Gasteiger charge is -2.38. The second-order valence-corrected chi connectivity index (χ2v) is 5.53. The van der Waals surface area contributed by atoms with Crippen LogP contribution in [0.2, 0.25) is 0 Å². The maximum atomic E-state index is 5.42. The van der Waals surface area contributed by atoms with Gasteiger partial charge in [0.05, 0.1) is 6.10 Å². The van der Waals surface area contributed by atoms with Crippen LogP contribution in [0.5, 0.6) is 0 Å². The second-order valence-electron chi connectivity index (χ2n) is 5.53. The van der Waals surface area contributed by atoms with Crippen LogP contribution < -0.4 is 5.32 Å². The molecule has 1 aliphatic heterocycles. The first-order valence-corrected chi connectivity index (χ1v) is 7.08. The number of methoxy groups -OCH3 is 1. The van der Waals surface area contributed by atoms with Gasteiger partial charge >= 0.3 is 0 Å². The molecule has 1 heterocycles. The summed E-state index contributed by atoms with van der Waals surface area (Å²) >= 11 is 0. The Bertz CT molecular complexity index is 216. The predicted molar refractivity (Wildman–Crippen MR) is 73.4 cm³/mol. The molecular formula is C14H30N2O.